The molecule has 0 aliphatic heterocycles. The van der Waals surface area contributed by atoms with Gasteiger partial charge in [0, 0.05) is 23.6 Å². The number of rotatable bonds is 2. The van der Waals surface area contributed by atoms with Crippen LogP contribution in [0, 0.1) is 18.8 Å². The molecule has 0 saturated heterocycles. The van der Waals surface area contributed by atoms with Crippen molar-refractivity contribution in [1.29, 1.82) is 0 Å². The Balaban J connectivity index is 2.17. The third-order valence-corrected chi connectivity index (χ3v) is 2.61. The second-order valence-corrected chi connectivity index (χ2v) is 4.29. The van der Waals surface area contributed by atoms with E-state index in [1.807, 2.05) is 31.2 Å². The van der Waals surface area contributed by atoms with Gasteiger partial charge in [-0.1, -0.05) is 24.0 Å². The van der Waals surface area contributed by atoms with Gasteiger partial charge in [-0.25, -0.2) is 0 Å². The summed E-state index contributed by atoms with van der Waals surface area (Å²) in [5, 5.41) is 2.83. The number of hydrogen-bond donors (Lipinski definition) is 2. The number of anilines is 1. The molecule has 4 nitrogen and oxygen atoms in total. The van der Waals surface area contributed by atoms with Gasteiger partial charge in [0.05, 0.1) is 12.1 Å². The Labute approximate surface area is 118 Å². The predicted molar refractivity (Wildman–Crippen MR) is 79.3 cm³/mol. The van der Waals surface area contributed by atoms with Gasteiger partial charge in [0.1, 0.15) is 0 Å². The first kappa shape index (κ1) is 13.8. The van der Waals surface area contributed by atoms with Gasteiger partial charge in [0.15, 0.2) is 0 Å². The number of nitrogens with zero attached hydrogens (tertiary/aromatic N) is 1. The molecule has 0 spiro atoms. The first-order valence-corrected chi connectivity index (χ1v) is 6.21. The van der Waals surface area contributed by atoms with Crippen molar-refractivity contribution in [3.05, 3.63) is 59.4 Å². The lowest BCUT2D eigenvalue weighted by Gasteiger charge is -2.06. The number of benzene rings is 1. The summed E-state index contributed by atoms with van der Waals surface area (Å²) in [5.41, 5.74) is 8.30. The van der Waals surface area contributed by atoms with Crippen molar-refractivity contribution in [2.75, 3.05) is 11.9 Å². The van der Waals surface area contributed by atoms with E-state index in [1.54, 1.807) is 12.3 Å². The zero-order valence-corrected chi connectivity index (χ0v) is 11.2. The minimum Gasteiger partial charge on any atom is -0.322 e. The summed E-state index contributed by atoms with van der Waals surface area (Å²) in [6.45, 7) is 2.25. The number of hydrogen-bond acceptors (Lipinski definition) is 3. The van der Waals surface area contributed by atoms with Gasteiger partial charge in [-0.15, -0.1) is 0 Å². The summed E-state index contributed by atoms with van der Waals surface area (Å²) in [5.74, 6) is 5.38. The van der Waals surface area contributed by atoms with Gasteiger partial charge >= 0.3 is 0 Å². The molecule has 0 aliphatic rings. The molecule has 1 heterocycles. The molecule has 0 radical (unpaired) electrons. The van der Waals surface area contributed by atoms with E-state index in [2.05, 4.69) is 22.1 Å². The van der Waals surface area contributed by atoms with Crippen molar-refractivity contribution in [3.63, 3.8) is 0 Å². The first-order chi connectivity index (χ1) is 9.69. The minimum absolute atomic E-state index is 0.209. The Kier molecular flexibility index (Phi) is 4.48. The van der Waals surface area contributed by atoms with E-state index in [-0.39, 0.29) is 12.5 Å². The summed E-state index contributed by atoms with van der Waals surface area (Å²) in [6, 6.07) is 9.31. The van der Waals surface area contributed by atoms with E-state index >= 15 is 0 Å². The summed E-state index contributed by atoms with van der Waals surface area (Å²) >= 11 is 0. The van der Waals surface area contributed by atoms with Crippen LogP contribution in [0.1, 0.15) is 21.5 Å². The molecule has 0 aliphatic carbocycles. The number of carbonyl (C=O) groups excluding carboxylic acids is 1. The van der Waals surface area contributed by atoms with Crippen LogP contribution in [0.4, 0.5) is 5.69 Å². The number of pyridine rings is 1. The lowest BCUT2D eigenvalue weighted by atomic mass is 10.2. The molecule has 100 valence electrons. The average molecular weight is 265 g/mol. The van der Waals surface area contributed by atoms with Crippen molar-refractivity contribution in [2.45, 2.75) is 6.92 Å². The fraction of sp³-hybridized carbons (Fsp3) is 0.125. The highest BCUT2D eigenvalue weighted by Crippen LogP contribution is 2.11. The molecular weight excluding hydrogens is 250 g/mol. The van der Waals surface area contributed by atoms with Crippen LogP contribution in [0.15, 0.2) is 42.7 Å². The third kappa shape index (κ3) is 3.67. The van der Waals surface area contributed by atoms with E-state index < -0.39 is 0 Å². The molecule has 1 aromatic carbocycles. The molecule has 0 unspecified atom stereocenters. The van der Waals surface area contributed by atoms with Crippen molar-refractivity contribution >= 4 is 11.6 Å². The Bertz CT molecular complexity index is 683. The molecule has 20 heavy (non-hydrogen) atoms. The normalized spacial score (nSPS) is 9.50. The lowest BCUT2D eigenvalue weighted by Crippen LogP contribution is -2.12. The number of nitrogens with one attached hydrogen (secondary N) is 1. The summed E-state index contributed by atoms with van der Waals surface area (Å²) in [7, 11) is 0. The van der Waals surface area contributed by atoms with Crippen LogP contribution in [0.5, 0.6) is 0 Å². The number of aryl methyl sites for hydroxylation is 1. The zero-order chi connectivity index (χ0) is 14.4. The van der Waals surface area contributed by atoms with Crippen molar-refractivity contribution in [3.8, 4) is 11.8 Å². The molecule has 3 N–H and O–H groups in total. The molecule has 1 aromatic heterocycles. The van der Waals surface area contributed by atoms with E-state index in [4.69, 9.17) is 5.73 Å². The van der Waals surface area contributed by atoms with Crippen LogP contribution >= 0.6 is 0 Å². The lowest BCUT2D eigenvalue weighted by molar-refractivity contribution is 0.102. The second-order valence-electron chi connectivity index (χ2n) is 4.29. The maximum absolute atomic E-state index is 12.1. The van der Waals surface area contributed by atoms with Gasteiger partial charge in [-0.3, -0.25) is 9.78 Å². The fourth-order valence-corrected chi connectivity index (χ4v) is 1.71. The molecule has 1 amide bonds. The van der Waals surface area contributed by atoms with Crippen LogP contribution in [-0.2, 0) is 0 Å². The summed E-state index contributed by atoms with van der Waals surface area (Å²) in [6.07, 6.45) is 3.12. The molecule has 0 bridgehead atoms. The number of carbonyl (C=O) groups is 1. The average Bonchev–Trinajstić information content (AvgIpc) is 2.45. The SMILES string of the molecule is Cc1cccc(NC(=O)c2cncc(C#CCN)c2)c1. The van der Waals surface area contributed by atoms with Gasteiger partial charge in [-0.05, 0) is 30.7 Å². The van der Waals surface area contributed by atoms with Crippen molar-refractivity contribution in [2.24, 2.45) is 5.73 Å². The van der Waals surface area contributed by atoms with Crippen LogP contribution in [-0.4, -0.2) is 17.4 Å². The standard InChI is InChI=1S/C16H15N3O/c1-12-4-2-6-15(8-12)19-16(20)14-9-13(5-3-7-17)10-18-11-14/h2,4,6,8-11H,7,17H2,1H3,(H,19,20). The molecule has 4 heteroatoms. The highest BCUT2D eigenvalue weighted by Gasteiger charge is 2.07. The monoisotopic (exact) mass is 265 g/mol. The quantitative estimate of drug-likeness (QED) is 0.815. The Morgan fingerprint density at radius 1 is 1.35 bits per heavy atom. The van der Waals surface area contributed by atoms with E-state index in [0.717, 1.165) is 11.3 Å². The zero-order valence-electron chi connectivity index (χ0n) is 11.2. The van der Waals surface area contributed by atoms with E-state index in [1.165, 1.54) is 6.20 Å². The van der Waals surface area contributed by atoms with Gasteiger partial charge in [-0.2, -0.15) is 0 Å². The topological polar surface area (TPSA) is 68.0 Å². The predicted octanol–water partition coefficient (Wildman–Crippen LogP) is 1.95. The molecule has 0 saturated carbocycles. The highest BCUT2D eigenvalue weighted by atomic mass is 16.1. The van der Waals surface area contributed by atoms with Crippen molar-refractivity contribution in [1.82, 2.24) is 4.98 Å². The number of nitrogens with two attached hydrogens (primary N) is 1. The van der Waals surface area contributed by atoms with Crippen LogP contribution in [0.25, 0.3) is 0 Å². The van der Waals surface area contributed by atoms with E-state index in [9.17, 15) is 4.79 Å². The Hall–Kier alpha value is -2.64. The van der Waals surface area contributed by atoms with Gasteiger partial charge < -0.3 is 11.1 Å². The van der Waals surface area contributed by atoms with E-state index in [0.29, 0.717) is 11.1 Å². The number of aromatic nitrogens is 1. The summed E-state index contributed by atoms with van der Waals surface area (Å²) in [4.78, 5) is 16.1. The maximum Gasteiger partial charge on any atom is 0.257 e. The van der Waals surface area contributed by atoms with Gasteiger partial charge in [0.2, 0.25) is 0 Å². The molecular formula is C16H15N3O. The number of amides is 1. The molecule has 2 aromatic rings. The minimum atomic E-state index is -0.209. The molecule has 2 rings (SSSR count). The van der Waals surface area contributed by atoms with Crippen LogP contribution in [0.2, 0.25) is 0 Å². The smallest absolute Gasteiger partial charge is 0.257 e. The second kappa shape index (κ2) is 6.50. The summed E-state index contributed by atoms with van der Waals surface area (Å²) < 4.78 is 0. The third-order valence-electron chi connectivity index (χ3n) is 2.61. The Morgan fingerprint density at radius 2 is 2.20 bits per heavy atom. The molecule has 0 fully saturated rings. The largest absolute Gasteiger partial charge is 0.322 e. The van der Waals surface area contributed by atoms with Crippen LogP contribution < -0.4 is 11.1 Å². The molecule has 0 atom stereocenters. The Morgan fingerprint density at radius 3 is 2.95 bits per heavy atom. The van der Waals surface area contributed by atoms with Crippen molar-refractivity contribution < 1.29 is 4.79 Å². The maximum atomic E-state index is 12.1. The highest BCUT2D eigenvalue weighted by molar-refractivity contribution is 6.04. The van der Waals surface area contributed by atoms with Gasteiger partial charge in [0.25, 0.3) is 5.91 Å². The first-order valence-electron chi connectivity index (χ1n) is 6.21. The fourth-order valence-electron chi connectivity index (χ4n) is 1.71. The van der Waals surface area contributed by atoms with Crippen LogP contribution in [0.3, 0.4) is 0 Å².